The first-order valence-electron chi connectivity index (χ1n) is 10.1. The molecule has 1 amide bonds. The van der Waals surface area contributed by atoms with Crippen molar-refractivity contribution < 1.29 is 28.3 Å². The van der Waals surface area contributed by atoms with E-state index in [4.69, 9.17) is 14.0 Å². The van der Waals surface area contributed by atoms with Crippen LogP contribution >= 0.6 is 0 Å². The normalized spacial score (nSPS) is 17.5. The number of esters is 1. The van der Waals surface area contributed by atoms with Crippen LogP contribution in [0.15, 0.2) is 10.6 Å². The van der Waals surface area contributed by atoms with Crippen molar-refractivity contribution in [2.45, 2.75) is 65.9 Å². The van der Waals surface area contributed by atoms with Crippen molar-refractivity contribution in [3.05, 3.63) is 11.8 Å². The first-order valence-corrected chi connectivity index (χ1v) is 10.1. The van der Waals surface area contributed by atoms with E-state index in [-0.39, 0.29) is 23.4 Å². The molecule has 1 aromatic heterocycles. The molecule has 0 unspecified atom stereocenters. The highest BCUT2D eigenvalue weighted by Gasteiger charge is 2.34. The fourth-order valence-corrected chi connectivity index (χ4v) is 3.19. The standard InChI is InChI=1S/C21H34N2O6/c1-15(12-18(24)26-6)11-16-13-17(22-29-16)27-14-21(5)7-9-23(10-8-21)19(25)28-20(2,3)4/h13,15H,7-12,14H2,1-6H3/t15-/m0/s1. The van der Waals surface area contributed by atoms with E-state index in [1.165, 1.54) is 7.11 Å². The smallest absolute Gasteiger partial charge is 0.410 e. The molecule has 0 saturated carbocycles. The number of nitrogens with zero attached hydrogens (tertiary/aromatic N) is 2. The predicted octanol–water partition coefficient (Wildman–Crippen LogP) is 3.83. The van der Waals surface area contributed by atoms with Crippen LogP contribution in [0.25, 0.3) is 0 Å². The molecule has 0 spiro atoms. The molecule has 1 aliphatic heterocycles. The SMILES string of the molecule is COC(=O)C[C@@H](C)Cc1cc(OCC2(C)CCN(C(=O)OC(C)(C)C)CC2)no1. The molecule has 0 radical (unpaired) electrons. The second-order valence-electron chi connectivity index (χ2n) is 9.29. The molecule has 1 aliphatic rings. The van der Waals surface area contributed by atoms with Gasteiger partial charge in [-0.3, -0.25) is 4.79 Å². The number of hydrogen-bond acceptors (Lipinski definition) is 7. The van der Waals surface area contributed by atoms with Gasteiger partial charge >= 0.3 is 12.1 Å². The summed E-state index contributed by atoms with van der Waals surface area (Å²) in [4.78, 5) is 25.3. The lowest BCUT2D eigenvalue weighted by Crippen LogP contribution is -2.46. The second-order valence-corrected chi connectivity index (χ2v) is 9.29. The van der Waals surface area contributed by atoms with Crippen molar-refractivity contribution >= 4 is 12.1 Å². The van der Waals surface area contributed by atoms with Gasteiger partial charge in [-0.05, 0) is 44.7 Å². The maximum absolute atomic E-state index is 12.2. The van der Waals surface area contributed by atoms with Gasteiger partial charge in [-0.15, -0.1) is 0 Å². The molecule has 0 N–H and O–H groups in total. The average molecular weight is 411 g/mol. The van der Waals surface area contributed by atoms with E-state index in [2.05, 4.69) is 16.8 Å². The number of methoxy groups -OCH3 is 1. The molecule has 2 heterocycles. The molecule has 8 heteroatoms. The van der Waals surface area contributed by atoms with E-state index >= 15 is 0 Å². The van der Waals surface area contributed by atoms with Crippen LogP contribution in [-0.2, 0) is 20.7 Å². The van der Waals surface area contributed by atoms with Crippen molar-refractivity contribution in [3.63, 3.8) is 0 Å². The number of aromatic nitrogens is 1. The molecular weight excluding hydrogens is 376 g/mol. The van der Waals surface area contributed by atoms with Gasteiger partial charge < -0.3 is 23.6 Å². The van der Waals surface area contributed by atoms with Gasteiger partial charge in [0.1, 0.15) is 11.4 Å². The van der Waals surface area contributed by atoms with Crippen molar-refractivity contribution in [3.8, 4) is 5.88 Å². The Morgan fingerprint density at radius 1 is 1.31 bits per heavy atom. The zero-order chi connectivity index (χ0) is 21.7. The summed E-state index contributed by atoms with van der Waals surface area (Å²) in [6, 6.07) is 1.77. The summed E-state index contributed by atoms with van der Waals surface area (Å²) >= 11 is 0. The lowest BCUT2D eigenvalue weighted by molar-refractivity contribution is -0.141. The Bertz CT molecular complexity index is 686. The van der Waals surface area contributed by atoms with Gasteiger partial charge in [0.05, 0.1) is 13.7 Å². The number of carbonyl (C=O) groups is 2. The number of hydrogen-bond donors (Lipinski definition) is 0. The first-order chi connectivity index (χ1) is 13.5. The molecule has 1 atom stereocenters. The molecule has 29 heavy (non-hydrogen) atoms. The minimum absolute atomic E-state index is 0.0458. The summed E-state index contributed by atoms with van der Waals surface area (Å²) in [5.41, 5.74) is -0.532. The van der Waals surface area contributed by atoms with E-state index < -0.39 is 5.60 Å². The summed E-state index contributed by atoms with van der Waals surface area (Å²) < 4.78 is 21.3. The van der Waals surface area contributed by atoms with Crippen molar-refractivity contribution in [1.29, 1.82) is 0 Å². The van der Waals surface area contributed by atoms with E-state index in [1.807, 2.05) is 27.7 Å². The molecule has 164 valence electrons. The fraction of sp³-hybridized carbons (Fsp3) is 0.762. The number of likely N-dealkylation sites (tertiary alicyclic amines) is 1. The lowest BCUT2D eigenvalue weighted by atomic mass is 9.81. The van der Waals surface area contributed by atoms with Crippen LogP contribution in [0.5, 0.6) is 5.88 Å². The number of carbonyl (C=O) groups excluding carboxylic acids is 2. The molecule has 1 saturated heterocycles. The first kappa shape index (κ1) is 23.0. The van der Waals surface area contributed by atoms with Crippen LogP contribution in [0.2, 0.25) is 0 Å². The molecule has 0 aliphatic carbocycles. The average Bonchev–Trinajstić information content (AvgIpc) is 3.06. The highest BCUT2D eigenvalue weighted by atomic mass is 16.6. The highest BCUT2D eigenvalue weighted by molar-refractivity contribution is 5.69. The van der Waals surface area contributed by atoms with E-state index in [1.54, 1.807) is 11.0 Å². The molecule has 8 nitrogen and oxygen atoms in total. The number of ether oxygens (including phenoxy) is 3. The van der Waals surface area contributed by atoms with Crippen LogP contribution in [0, 0.1) is 11.3 Å². The van der Waals surface area contributed by atoms with Gasteiger partial charge in [0, 0.05) is 37.4 Å². The lowest BCUT2D eigenvalue weighted by Gasteiger charge is -2.39. The van der Waals surface area contributed by atoms with Gasteiger partial charge in [-0.1, -0.05) is 13.8 Å². The molecular formula is C21H34N2O6. The Morgan fingerprint density at radius 3 is 2.55 bits per heavy atom. The van der Waals surface area contributed by atoms with Crippen LogP contribution in [-0.4, -0.2) is 54.5 Å². The summed E-state index contributed by atoms with van der Waals surface area (Å²) in [5.74, 6) is 0.986. The fourth-order valence-electron chi connectivity index (χ4n) is 3.19. The number of amides is 1. The Labute approximate surface area is 172 Å². The molecule has 0 aromatic carbocycles. The van der Waals surface area contributed by atoms with E-state index in [9.17, 15) is 9.59 Å². The largest absolute Gasteiger partial charge is 0.475 e. The maximum atomic E-state index is 12.2. The Hall–Kier alpha value is -2.25. The summed E-state index contributed by atoms with van der Waals surface area (Å²) in [6.45, 7) is 11.5. The Balaban J connectivity index is 1.78. The second kappa shape index (κ2) is 9.50. The summed E-state index contributed by atoms with van der Waals surface area (Å²) in [6.07, 6.45) is 2.32. The zero-order valence-electron chi connectivity index (χ0n) is 18.4. The van der Waals surface area contributed by atoms with Crippen molar-refractivity contribution in [1.82, 2.24) is 10.1 Å². The molecule has 1 aromatic rings. The van der Waals surface area contributed by atoms with Gasteiger partial charge in [0.15, 0.2) is 0 Å². The third-order valence-corrected chi connectivity index (χ3v) is 5.02. The maximum Gasteiger partial charge on any atom is 0.410 e. The van der Waals surface area contributed by atoms with Gasteiger partial charge in [0.25, 0.3) is 5.88 Å². The van der Waals surface area contributed by atoms with Crippen LogP contribution in [0.3, 0.4) is 0 Å². The van der Waals surface area contributed by atoms with Gasteiger partial charge in [-0.25, -0.2) is 4.79 Å². The van der Waals surface area contributed by atoms with Gasteiger partial charge in [-0.2, -0.15) is 0 Å². The van der Waals surface area contributed by atoms with Crippen molar-refractivity contribution in [2.24, 2.45) is 11.3 Å². The monoisotopic (exact) mass is 410 g/mol. The highest BCUT2D eigenvalue weighted by Crippen LogP contribution is 2.32. The van der Waals surface area contributed by atoms with Gasteiger partial charge in [0.2, 0.25) is 0 Å². The topological polar surface area (TPSA) is 91.1 Å². The van der Waals surface area contributed by atoms with Crippen molar-refractivity contribution in [2.75, 3.05) is 26.8 Å². The van der Waals surface area contributed by atoms with Crippen LogP contribution in [0.4, 0.5) is 4.79 Å². The Morgan fingerprint density at radius 2 is 1.97 bits per heavy atom. The molecule has 2 rings (SSSR count). The van der Waals surface area contributed by atoms with Crippen LogP contribution < -0.4 is 4.74 Å². The molecule has 1 fully saturated rings. The quantitative estimate of drug-likeness (QED) is 0.631. The third-order valence-electron chi connectivity index (χ3n) is 5.02. The third kappa shape index (κ3) is 7.59. The molecule has 0 bridgehead atoms. The zero-order valence-corrected chi connectivity index (χ0v) is 18.4. The predicted molar refractivity (Wildman–Crippen MR) is 107 cm³/mol. The summed E-state index contributed by atoms with van der Waals surface area (Å²) in [5, 5.41) is 3.97. The van der Waals surface area contributed by atoms with E-state index in [0.717, 1.165) is 12.8 Å². The Kier molecular flexibility index (Phi) is 7.54. The number of rotatable bonds is 7. The minimum atomic E-state index is -0.486. The van der Waals surface area contributed by atoms with Crippen LogP contribution in [0.1, 0.15) is 59.6 Å². The summed E-state index contributed by atoms with van der Waals surface area (Å²) in [7, 11) is 1.38. The van der Waals surface area contributed by atoms with E-state index in [0.29, 0.717) is 44.2 Å². The minimum Gasteiger partial charge on any atom is -0.475 e. The number of piperidine rings is 1.